The van der Waals surface area contributed by atoms with Gasteiger partial charge in [0, 0.05) is 32.1 Å². The summed E-state index contributed by atoms with van der Waals surface area (Å²) in [5.74, 6) is 0.863. The lowest BCUT2D eigenvalue weighted by molar-refractivity contribution is -0.132. The lowest BCUT2D eigenvalue weighted by atomic mass is 10.00. The summed E-state index contributed by atoms with van der Waals surface area (Å²) in [6.07, 6.45) is 5.51. The van der Waals surface area contributed by atoms with Gasteiger partial charge in [0.05, 0.1) is 0 Å². The van der Waals surface area contributed by atoms with Crippen LogP contribution in [0.25, 0.3) is 0 Å². The maximum atomic E-state index is 12.4. The fourth-order valence-electron chi connectivity index (χ4n) is 2.71. The number of rotatable bonds is 8. The van der Waals surface area contributed by atoms with Crippen molar-refractivity contribution in [2.75, 3.05) is 40.3 Å². The standard InChI is InChI=1S/C16H33N3O/c1-14(2)13-19(12-11-18(3)4)16(20)9-8-15-7-5-6-10-17-15/h14-15,17H,5-13H2,1-4H3. The molecule has 4 nitrogen and oxygen atoms in total. The topological polar surface area (TPSA) is 35.6 Å². The van der Waals surface area contributed by atoms with Crippen LogP contribution in [0.15, 0.2) is 0 Å². The van der Waals surface area contributed by atoms with Gasteiger partial charge in [0.15, 0.2) is 0 Å². The van der Waals surface area contributed by atoms with Crippen molar-refractivity contribution in [3.8, 4) is 0 Å². The first-order valence-electron chi connectivity index (χ1n) is 8.15. The third-order valence-corrected chi connectivity index (χ3v) is 3.87. The van der Waals surface area contributed by atoms with Crippen molar-refractivity contribution in [1.82, 2.24) is 15.1 Å². The van der Waals surface area contributed by atoms with Crippen LogP contribution in [0.4, 0.5) is 0 Å². The van der Waals surface area contributed by atoms with Crippen LogP contribution in [0, 0.1) is 5.92 Å². The minimum atomic E-state index is 0.327. The van der Waals surface area contributed by atoms with Gasteiger partial charge in [-0.05, 0) is 45.8 Å². The number of nitrogens with zero attached hydrogens (tertiary/aromatic N) is 2. The summed E-state index contributed by atoms with van der Waals surface area (Å²) in [5.41, 5.74) is 0. The zero-order valence-corrected chi connectivity index (χ0v) is 13.8. The average molecular weight is 283 g/mol. The third kappa shape index (κ3) is 7.25. The molecule has 1 unspecified atom stereocenters. The first-order chi connectivity index (χ1) is 9.49. The highest BCUT2D eigenvalue weighted by Gasteiger charge is 2.18. The van der Waals surface area contributed by atoms with Gasteiger partial charge in [-0.2, -0.15) is 0 Å². The molecule has 1 saturated heterocycles. The molecule has 20 heavy (non-hydrogen) atoms. The highest BCUT2D eigenvalue weighted by molar-refractivity contribution is 5.76. The molecule has 1 N–H and O–H groups in total. The van der Waals surface area contributed by atoms with E-state index >= 15 is 0 Å². The van der Waals surface area contributed by atoms with Gasteiger partial charge in [-0.25, -0.2) is 0 Å². The van der Waals surface area contributed by atoms with Gasteiger partial charge in [-0.1, -0.05) is 20.3 Å². The quantitative estimate of drug-likeness (QED) is 0.739. The minimum Gasteiger partial charge on any atom is -0.341 e. The molecule has 1 aliphatic rings. The van der Waals surface area contributed by atoms with E-state index in [1.165, 1.54) is 19.3 Å². The second-order valence-electron chi connectivity index (χ2n) is 6.72. The number of carbonyl (C=O) groups excluding carboxylic acids is 1. The third-order valence-electron chi connectivity index (χ3n) is 3.87. The number of carbonyl (C=O) groups is 1. The molecular formula is C16H33N3O. The number of amides is 1. The van der Waals surface area contributed by atoms with E-state index in [0.717, 1.165) is 32.6 Å². The van der Waals surface area contributed by atoms with Crippen molar-refractivity contribution in [3.63, 3.8) is 0 Å². The van der Waals surface area contributed by atoms with Crippen LogP contribution in [0.3, 0.4) is 0 Å². The lowest BCUT2D eigenvalue weighted by Crippen LogP contribution is -2.40. The average Bonchev–Trinajstić information content (AvgIpc) is 2.41. The molecule has 1 rings (SSSR count). The second-order valence-corrected chi connectivity index (χ2v) is 6.72. The van der Waals surface area contributed by atoms with Crippen LogP contribution in [0.1, 0.15) is 46.0 Å². The summed E-state index contributed by atoms with van der Waals surface area (Å²) >= 11 is 0. The molecule has 0 spiro atoms. The Morgan fingerprint density at radius 3 is 2.55 bits per heavy atom. The van der Waals surface area contributed by atoms with E-state index in [9.17, 15) is 4.79 Å². The summed E-state index contributed by atoms with van der Waals surface area (Å²) in [4.78, 5) is 16.6. The summed E-state index contributed by atoms with van der Waals surface area (Å²) in [5, 5.41) is 3.53. The Labute approximate surface area is 124 Å². The van der Waals surface area contributed by atoms with Crippen molar-refractivity contribution < 1.29 is 4.79 Å². The zero-order valence-electron chi connectivity index (χ0n) is 13.8. The van der Waals surface area contributed by atoms with Gasteiger partial charge in [-0.3, -0.25) is 4.79 Å². The predicted octanol–water partition coefficient (Wildman–Crippen LogP) is 1.95. The van der Waals surface area contributed by atoms with Crippen molar-refractivity contribution in [1.29, 1.82) is 0 Å². The van der Waals surface area contributed by atoms with E-state index in [-0.39, 0.29) is 0 Å². The molecule has 0 bridgehead atoms. The lowest BCUT2D eigenvalue weighted by Gasteiger charge is -2.28. The van der Waals surface area contributed by atoms with Gasteiger partial charge in [0.25, 0.3) is 0 Å². The van der Waals surface area contributed by atoms with E-state index in [1.54, 1.807) is 0 Å². The fourth-order valence-corrected chi connectivity index (χ4v) is 2.71. The van der Waals surface area contributed by atoms with Gasteiger partial charge in [-0.15, -0.1) is 0 Å². The van der Waals surface area contributed by atoms with Crippen molar-refractivity contribution in [3.05, 3.63) is 0 Å². The minimum absolute atomic E-state index is 0.327. The zero-order chi connectivity index (χ0) is 15.0. The van der Waals surface area contributed by atoms with E-state index in [4.69, 9.17) is 0 Å². The van der Waals surface area contributed by atoms with Crippen LogP contribution in [-0.2, 0) is 4.79 Å². The molecule has 118 valence electrons. The molecule has 0 radical (unpaired) electrons. The predicted molar refractivity (Wildman–Crippen MR) is 84.8 cm³/mol. The maximum absolute atomic E-state index is 12.4. The Morgan fingerprint density at radius 1 is 1.25 bits per heavy atom. The summed E-state index contributed by atoms with van der Waals surface area (Å²) in [7, 11) is 4.12. The highest BCUT2D eigenvalue weighted by atomic mass is 16.2. The monoisotopic (exact) mass is 283 g/mol. The van der Waals surface area contributed by atoms with Crippen LogP contribution in [-0.4, -0.2) is 62.0 Å². The van der Waals surface area contributed by atoms with E-state index < -0.39 is 0 Å². The molecule has 1 aliphatic heterocycles. The molecule has 0 saturated carbocycles. The van der Waals surface area contributed by atoms with E-state index in [2.05, 4.69) is 38.2 Å². The van der Waals surface area contributed by atoms with Crippen LogP contribution < -0.4 is 5.32 Å². The van der Waals surface area contributed by atoms with Gasteiger partial charge in [0.2, 0.25) is 5.91 Å². The van der Waals surface area contributed by atoms with Gasteiger partial charge in [0.1, 0.15) is 0 Å². The summed E-state index contributed by atoms with van der Waals surface area (Å²) < 4.78 is 0. The van der Waals surface area contributed by atoms with E-state index in [0.29, 0.717) is 24.3 Å². The normalized spacial score (nSPS) is 19.6. The Morgan fingerprint density at radius 2 is 2.00 bits per heavy atom. The Bertz CT molecular complexity index is 273. The number of nitrogens with one attached hydrogen (secondary N) is 1. The largest absolute Gasteiger partial charge is 0.341 e. The smallest absolute Gasteiger partial charge is 0.222 e. The Hall–Kier alpha value is -0.610. The fraction of sp³-hybridized carbons (Fsp3) is 0.938. The van der Waals surface area contributed by atoms with Crippen molar-refractivity contribution >= 4 is 5.91 Å². The molecular weight excluding hydrogens is 250 g/mol. The molecule has 0 aromatic carbocycles. The number of likely N-dealkylation sites (N-methyl/N-ethyl adjacent to an activating group) is 1. The van der Waals surface area contributed by atoms with E-state index in [1.807, 2.05) is 4.90 Å². The van der Waals surface area contributed by atoms with Crippen molar-refractivity contribution in [2.24, 2.45) is 5.92 Å². The SMILES string of the molecule is CC(C)CN(CCN(C)C)C(=O)CCC1CCCCN1. The summed E-state index contributed by atoms with van der Waals surface area (Å²) in [6, 6.07) is 0.558. The highest BCUT2D eigenvalue weighted by Crippen LogP contribution is 2.13. The molecule has 1 amide bonds. The number of hydrogen-bond acceptors (Lipinski definition) is 3. The molecule has 4 heteroatoms. The molecule has 0 aliphatic carbocycles. The first kappa shape index (κ1) is 17.4. The number of piperidine rings is 1. The maximum Gasteiger partial charge on any atom is 0.222 e. The van der Waals surface area contributed by atoms with Gasteiger partial charge < -0.3 is 15.1 Å². The molecule has 1 atom stereocenters. The molecule has 1 heterocycles. The summed E-state index contributed by atoms with van der Waals surface area (Å²) in [6.45, 7) is 8.15. The second kappa shape index (κ2) is 9.35. The molecule has 0 aromatic rings. The molecule has 0 aromatic heterocycles. The van der Waals surface area contributed by atoms with Crippen LogP contribution in [0.5, 0.6) is 0 Å². The van der Waals surface area contributed by atoms with Crippen molar-refractivity contribution in [2.45, 2.75) is 52.0 Å². The molecule has 1 fully saturated rings. The number of hydrogen-bond donors (Lipinski definition) is 1. The van der Waals surface area contributed by atoms with Crippen LogP contribution >= 0.6 is 0 Å². The van der Waals surface area contributed by atoms with Crippen LogP contribution in [0.2, 0.25) is 0 Å². The Kier molecular flexibility index (Phi) is 8.15. The first-order valence-corrected chi connectivity index (χ1v) is 8.15. The Balaban J connectivity index is 2.36. The van der Waals surface area contributed by atoms with Gasteiger partial charge >= 0.3 is 0 Å².